The second-order valence-corrected chi connectivity index (χ2v) is 6.70. The van der Waals surface area contributed by atoms with E-state index < -0.39 is 21.8 Å². The van der Waals surface area contributed by atoms with Crippen LogP contribution in [0.1, 0.15) is 16.3 Å². The van der Waals surface area contributed by atoms with E-state index in [4.69, 9.17) is 9.52 Å². The van der Waals surface area contributed by atoms with E-state index in [0.717, 1.165) is 11.0 Å². The molecule has 0 radical (unpaired) electrons. The predicted octanol–water partition coefficient (Wildman–Crippen LogP) is 2.81. The first kappa shape index (κ1) is 15.5. The van der Waals surface area contributed by atoms with E-state index in [9.17, 15) is 13.2 Å². The molecule has 1 heterocycles. The van der Waals surface area contributed by atoms with Gasteiger partial charge in [0.25, 0.3) is 10.0 Å². The summed E-state index contributed by atoms with van der Waals surface area (Å²) in [7, 11) is -3.90. The molecule has 1 aromatic carbocycles. The maximum Gasteiger partial charge on any atom is 0.371 e. The largest absolute Gasteiger partial charge is 0.475 e. The van der Waals surface area contributed by atoms with Crippen molar-refractivity contribution in [3.05, 3.63) is 41.9 Å². The molecule has 0 bridgehead atoms. The second-order valence-electron chi connectivity index (χ2n) is 4.17. The molecule has 0 aliphatic heterocycles. The molecule has 0 aliphatic carbocycles. The molecular weight excluding hydrogens is 314 g/mol. The minimum atomic E-state index is -3.90. The molecule has 2 aromatic rings. The summed E-state index contributed by atoms with van der Waals surface area (Å²) in [4.78, 5) is 11.5. The number of rotatable bonds is 5. The SMILES string of the molecule is CSc1cccc(NS(=O)(=O)c2cc(C(=O)O)oc2C)c1. The fourth-order valence-corrected chi connectivity index (χ4v) is 3.42. The molecule has 0 atom stereocenters. The predicted molar refractivity (Wildman–Crippen MR) is 79.4 cm³/mol. The molecule has 0 saturated carbocycles. The van der Waals surface area contributed by atoms with Crippen LogP contribution in [0.4, 0.5) is 5.69 Å². The molecule has 112 valence electrons. The van der Waals surface area contributed by atoms with Gasteiger partial charge in [0.2, 0.25) is 5.76 Å². The fourth-order valence-electron chi connectivity index (χ4n) is 1.73. The summed E-state index contributed by atoms with van der Waals surface area (Å²) in [5, 5.41) is 8.83. The third-order valence-electron chi connectivity index (χ3n) is 2.69. The summed E-state index contributed by atoms with van der Waals surface area (Å²) in [6.45, 7) is 1.40. The van der Waals surface area contributed by atoms with Crippen molar-refractivity contribution in [2.24, 2.45) is 0 Å². The maximum absolute atomic E-state index is 12.3. The van der Waals surface area contributed by atoms with E-state index in [1.807, 2.05) is 12.3 Å². The van der Waals surface area contributed by atoms with Crippen molar-refractivity contribution in [3.8, 4) is 0 Å². The number of aromatic carboxylic acids is 1. The Morgan fingerprint density at radius 3 is 2.62 bits per heavy atom. The van der Waals surface area contributed by atoms with Crippen molar-refractivity contribution in [2.45, 2.75) is 16.7 Å². The van der Waals surface area contributed by atoms with Gasteiger partial charge >= 0.3 is 5.97 Å². The highest BCUT2D eigenvalue weighted by atomic mass is 32.2. The summed E-state index contributed by atoms with van der Waals surface area (Å²) in [5.74, 6) is -1.70. The topological polar surface area (TPSA) is 96.6 Å². The second kappa shape index (κ2) is 5.82. The van der Waals surface area contributed by atoms with Crippen molar-refractivity contribution >= 4 is 33.4 Å². The Kier molecular flexibility index (Phi) is 4.29. The lowest BCUT2D eigenvalue weighted by Gasteiger charge is -2.07. The summed E-state index contributed by atoms with van der Waals surface area (Å²) in [6, 6.07) is 7.89. The molecule has 6 nitrogen and oxygen atoms in total. The number of carbonyl (C=O) groups is 1. The zero-order valence-electron chi connectivity index (χ0n) is 11.3. The van der Waals surface area contributed by atoms with E-state index in [1.165, 1.54) is 18.7 Å². The molecular formula is C13H13NO5S2. The molecule has 0 spiro atoms. The van der Waals surface area contributed by atoms with Gasteiger partial charge in [-0.1, -0.05) is 6.07 Å². The molecule has 0 fully saturated rings. The number of furan rings is 1. The average Bonchev–Trinajstić information content (AvgIpc) is 2.81. The Bertz CT molecular complexity index is 780. The molecule has 21 heavy (non-hydrogen) atoms. The monoisotopic (exact) mass is 327 g/mol. The van der Waals surface area contributed by atoms with Crippen LogP contribution in [-0.2, 0) is 10.0 Å². The van der Waals surface area contributed by atoms with Gasteiger partial charge in [0.15, 0.2) is 0 Å². The van der Waals surface area contributed by atoms with E-state index >= 15 is 0 Å². The molecule has 0 saturated heterocycles. The van der Waals surface area contributed by atoms with Crippen LogP contribution in [0.2, 0.25) is 0 Å². The first-order chi connectivity index (χ1) is 9.83. The number of hydrogen-bond donors (Lipinski definition) is 2. The lowest BCUT2D eigenvalue weighted by molar-refractivity contribution is 0.0661. The highest BCUT2D eigenvalue weighted by Gasteiger charge is 2.24. The van der Waals surface area contributed by atoms with Crippen molar-refractivity contribution < 1.29 is 22.7 Å². The van der Waals surface area contributed by atoms with Gasteiger partial charge in [-0.25, -0.2) is 13.2 Å². The van der Waals surface area contributed by atoms with Gasteiger partial charge in [-0.2, -0.15) is 0 Å². The number of benzene rings is 1. The van der Waals surface area contributed by atoms with Crippen molar-refractivity contribution in [1.82, 2.24) is 0 Å². The van der Waals surface area contributed by atoms with Crippen molar-refractivity contribution in [3.63, 3.8) is 0 Å². The fraction of sp³-hybridized carbons (Fsp3) is 0.154. The Balaban J connectivity index is 2.36. The molecule has 0 amide bonds. The first-order valence-corrected chi connectivity index (χ1v) is 8.55. The standard InChI is InChI=1S/C13H13NO5S2/c1-8-12(7-11(19-8)13(15)16)21(17,18)14-9-4-3-5-10(6-9)20-2/h3-7,14H,1-2H3,(H,15,16). The number of hydrogen-bond acceptors (Lipinski definition) is 5. The quantitative estimate of drug-likeness (QED) is 0.820. The van der Waals surface area contributed by atoms with Crippen molar-refractivity contribution in [1.29, 1.82) is 0 Å². The third kappa shape index (κ3) is 3.40. The van der Waals surface area contributed by atoms with Gasteiger partial charge in [-0.3, -0.25) is 4.72 Å². The van der Waals surface area contributed by atoms with Gasteiger partial charge in [0.05, 0.1) is 0 Å². The van der Waals surface area contributed by atoms with E-state index in [1.54, 1.807) is 18.2 Å². The Morgan fingerprint density at radius 1 is 1.33 bits per heavy atom. The molecule has 1 aromatic heterocycles. The summed E-state index contributed by atoms with van der Waals surface area (Å²) in [5.41, 5.74) is 0.402. The van der Waals surface area contributed by atoms with Crippen LogP contribution >= 0.6 is 11.8 Å². The summed E-state index contributed by atoms with van der Waals surface area (Å²) < 4.78 is 31.9. The van der Waals surface area contributed by atoms with Gasteiger partial charge in [0.1, 0.15) is 10.7 Å². The lowest BCUT2D eigenvalue weighted by Crippen LogP contribution is -2.13. The molecule has 2 rings (SSSR count). The van der Waals surface area contributed by atoms with Crippen molar-refractivity contribution in [2.75, 3.05) is 11.0 Å². The highest BCUT2D eigenvalue weighted by Crippen LogP contribution is 2.25. The van der Waals surface area contributed by atoms with Crippen LogP contribution in [-0.4, -0.2) is 25.7 Å². The summed E-state index contributed by atoms with van der Waals surface area (Å²) in [6.07, 6.45) is 1.88. The molecule has 0 aliphatic rings. The van der Waals surface area contributed by atoms with Crippen LogP contribution in [0.25, 0.3) is 0 Å². The molecule has 0 unspecified atom stereocenters. The molecule has 8 heteroatoms. The summed E-state index contributed by atoms with van der Waals surface area (Å²) >= 11 is 1.48. The number of carboxylic acids is 1. The minimum Gasteiger partial charge on any atom is -0.475 e. The minimum absolute atomic E-state index is 0.0286. The van der Waals surface area contributed by atoms with Crippen LogP contribution < -0.4 is 4.72 Å². The Hall–Kier alpha value is -1.93. The Labute approximate surface area is 126 Å². The van der Waals surface area contributed by atoms with E-state index in [-0.39, 0.29) is 10.7 Å². The van der Waals surface area contributed by atoms with Crippen LogP contribution in [0.5, 0.6) is 0 Å². The number of anilines is 1. The van der Waals surface area contributed by atoms with Crippen LogP contribution in [0, 0.1) is 6.92 Å². The highest BCUT2D eigenvalue weighted by molar-refractivity contribution is 7.98. The number of thioether (sulfide) groups is 1. The van der Waals surface area contributed by atoms with Crippen LogP contribution in [0.3, 0.4) is 0 Å². The number of carboxylic acid groups (broad SMARTS) is 1. The van der Waals surface area contributed by atoms with Gasteiger partial charge in [0, 0.05) is 16.6 Å². The van der Waals surface area contributed by atoms with E-state index in [2.05, 4.69) is 4.72 Å². The van der Waals surface area contributed by atoms with Gasteiger partial charge in [-0.05, 0) is 31.4 Å². The van der Waals surface area contributed by atoms with Gasteiger partial charge in [-0.15, -0.1) is 11.8 Å². The normalized spacial score (nSPS) is 11.3. The van der Waals surface area contributed by atoms with Crippen LogP contribution in [0.15, 0.2) is 44.5 Å². The lowest BCUT2D eigenvalue weighted by atomic mass is 10.3. The van der Waals surface area contributed by atoms with E-state index in [0.29, 0.717) is 5.69 Å². The number of sulfonamides is 1. The average molecular weight is 327 g/mol. The zero-order chi connectivity index (χ0) is 15.6. The zero-order valence-corrected chi connectivity index (χ0v) is 12.9. The van der Waals surface area contributed by atoms with Gasteiger partial charge < -0.3 is 9.52 Å². The molecule has 2 N–H and O–H groups in total. The first-order valence-electron chi connectivity index (χ1n) is 5.84. The smallest absolute Gasteiger partial charge is 0.371 e. The Morgan fingerprint density at radius 2 is 2.05 bits per heavy atom. The number of nitrogens with one attached hydrogen (secondary N) is 1. The third-order valence-corrected chi connectivity index (χ3v) is 4.91. The number of aryl methyl sites for hydroxylation is 1. The maximum atomic E-state index is 12.3.